The highest BCUT2D eigenvalue weighted by Crippen LogP contribution is 2.44. The number of nitrogens with zero attached hydrogens (tertiary/aromatic N) is 2. The number of carboxylic acids is 1. The predicted molar refractivity (Wildman–Crippen MR) is 125 cm³/mol. The zero-order valence-electron chi connectivity index (χ0n) is 20.6. The molecule has 3 N–H and O–H groups in total. The van der Waals surface area contributed by atoms with Crippen LogP contribution in [0.5, 0.6) is 11.8 Å². The van der Waals surface area contributed by atoms with E-state index in [1.54, 1.807) is 0 Å². The maximum absolute atomic E-state index is 13.6. The molecule has 2 fully saturated rings. The summed E-state index contributed by atoms with van der Waals surface area (Å²) in [6, 6.07) is 2.42. The number of nitrogens with one attached hydrogen (secondary N) is 2. The van der Waals surface area contributed by atoms with Gasteiger partial charge in [-0.25, -0.2) is 22.8 Å². The lowest BCUT2D eigenvalue weighted by atomic mass is 10.0. The van der Waals surface area contributed by atoms with Crippen LogP contribution in [0.3, 0.4) is 0 Å². The van der Waals surface area contributed by atoms with E-state index in [1.165, 1.54) is 6.07 Å². The van der Waals surface area contributed by atoms with E-state index in [4.69, 9.17) is 35.0 Å². The molecule has 4 atom stereocenters. The number of esters is 1. The third kappa shape index (κ3) is 7.95. The summed E-state index contributed by atoms with van der Waals surface area (Å²) in [5.41, 5.74) is 0. The highest BCUT2D eigenvalue weighted by atomic mass is 35.5. The molecule has 4 rings (SSSR count). The Balaban J connectivity index is 1.14. The lowest BCUT2D eigenvalue weighted by Crippen LogP contribution is -2.48. The van der Waals surface area contributed by atoms with Crippen molar-refractivity contribution in [2.45, 2.75) is 49.5 Å². The quantitative estimate of drug-likeness (QED) is 0.175. The van der Waals surface area contributed by atoms with E-state index in [0.29, 0.717) is 19.4 Å². The molecule has 0 radical (unpaired) electrons. The number of hydrogen-bond acceptors (Lipinski definition) is 11. The van der Waals surface area contributed by atoms with Crippen molar-refractivity contribution < 1.29 is 56.0 Å². The van der Waals surface area contributed by atoms with Gasteiger partial charge in [-0.1, -0.05) is 16.7 Å². The average molecular weight is 593 g/mol. The molecule has 1 saturated heterocycles. The number of halogens is 4. The zero-order valence-corrected chi connectivity index (χ0v) is 21.4. The number of piperidine rings is 1. The molecule has 1 aromatic heterocycles. The van der Waals surface area contributed by atoms with Gasteiger partial charge in [0.15, 0.2) is 6.61 Å². The molecule has 1 aromatic carbocycles. The molecule has 1 aliphatic heterocycles. The minimum absolute atomic E-state index is 0.0377. The van der Waals surface area contributed by atoms with Crippen LogP contribution in [0.15, 0.2) is 22.6 Å². The van der Waals surface area contributed by atoms with Crippen LogP contribution in [-0.4, -0.2) is 83.7 Å². The van der Waals surface area contributed by atoms with Crippen LogP contribution in [-0.2, 0) is 23.9 Å². The first-order valence-electron chi connectivity index (χ1n) is 12.0. The summed E-state index contributed by atoms with van der Waals surface area (Å²) in [6.45, 7) is -0.560. The maximum Gasteiger partial charge on any atom is 0.414 e. The van der Waals surface area contributed by atoms with Gasteiger partial charge in [-0.05, 0) is 25.0 Å². The fraction of sp³-hybridized carbons (Fsp3) is 0.522. The molecule has 1 aliphatic carbocycles. The molecule has 2 aliphatic rings. The number of carbonyl (C=O) groups excluding carboxylic acids is 2. The molecule has 2 aromatic rings. The second-order valence-electron chi connectivity index (χ2n) is 8.90. The Morgan fingerprint density at radius 2 is 2.02 bits per heavy atom. The molecule has 1 unspecified atom stereocenters. The van der Waals surface area contributed by atoms with Crippen LogP contribution in [0.4, 0.5) is 13.2 Å². The average Bonchev–Trinajstić information content (AvgIpc) is 3.28. The summed E-state index contributed by atoms with van der Waals surface area (Å²) >= 11 is 5.56. The van der Waals surface area contributed by atoms with Gasteiger partial charge in [0, 0.05) is 25.1 Å². The zero-order chi connectivity index (χ0) is 28.9. The first-order chi connectivity index (χ1) is 19.0. The smallest absolute Gasteiger partial charge is 0.414 e. The molecule has 218 valence electrons. The highest BCUT2D eigenvalue weighted by molar-refractivity contribution is 6.30. The fourth-order valence-corrected chi connectivity index (χ4v) is 3.78. The van der Waals surface area contributed by atoms with Gasteiger partial charge in [-0.15, -0.1) is 5.10 Å². The van der Waals surface area contributed by atoms with Crippen LogP contribution in [0.1, 0.15) is 31.2 Å². The predicted octanol–water partition coefficient (Wildman–Crippen LogP) is 1.65. The molecule has 1 saturated carbocycles. The third-order valence-corrected chi connectivity index (χ3v) is 6.13. The Hall–Kier alpha value is -3.63. The van der Waals surface area contributed by atoms with E-state index in [0.717, 1.165) is 12.1 Å². The number of alkyl halides is 2. The number of hydrogen-bond donors (Lipinski definition) is 3. The summed E-state index contributed by atoms with van der Waals surface area (Å²) in [5.74, 6) is -7.41. The Morgan fingerprint density at radius 1 is 1.25 bits per heavy atom. The van der Waals surface area contributed by atoms with E-state index in [-0.39, 0.29) is 54.5 Å². The number of carbonyl (C=O) groups is 3. The Kier molecular flexibility index (Phi) is 9.32. The summed E-state index contributed by atoms with van der Waals surface area (Å²) in [7, 11) is 0. The normalized spacial score (nSPS) is 22.1. The van der Waals surface area contributed by atoms with E-state index < -0.39 is 48.4 Å². The molecular formula is C23H24ClF3N4O9. The van der Waals surface area contributed by atoms with Crippen LogP contribution in [0.2, 0.25) is 5.02 Å². The standard InChI is InChI=1S/C23H24ClF3N4O9/c24-13-3-2-12(7-14(13)25)39-18(20(33)34)21(35)38-10-17(32)29-11-1-4-15(28-9-11)19-30-31-22(40-19)37-6-5-36-16-8-23(16,26)27/h2-3,7,11,15-16,18,28H,1,4-6,8-10H2,(H,29,32)(H,33,34)/t11-,15+,16+,18?/m0/s1. The van der Waals surface area contributed by atoms with Crippen molar-refractivity contribution in [3.8, 4) is 11.8 Å². The Labute approximate surface area is 229 Å². The summed E-state index contributed by atoms with van der Waals surface area (Å²) < 4.78 is 64.4. The molecular weight excluding hydrogens is 569 g/mol. The second-order valence-corrected chi connectivity index (χ2v) is 9.31. The van der Waals surface area contributed by atoms with Gasteiger partial charge < -0.3 is 39.1 Å². The molecule has 40 heavy (non-hydrogen) atoms. The topological polar surface area (TPSA) is 171 Å². The van der Waals surface area contributed by atoms with Gasteiger partial charge in [0.1, 0.15) is 24.3 Å². The van der Waals surface area contributed by atoms with Crippen LogP contribution in [0, 0.1) is 5.82 Å². The van der Waals surface area contributed by atoms with E-state index >= 15 is 0 Å². The van der Waals surface area contributed by atoms with Crippen LogP contribution in [0.25, 0.3) is 0 Å². The van der Waals surface area contributed by atoms with Gasteiger partial charge in [0.05, 0.1) is 17.7 Å². The number of benzene rings is 1. The van der Waals surface area contributed by atoms with E-state index in [1.807, 2.05) is 0 Å². The second kappa shape index (κ2) is 12.7. The number of aromatic nitrogens is 2. The van der Waals surface area contributed by atoms with Gasteiger partial charge in [0.2, 0.25) is 5.89 Å². The molecule has 17 heteroatoms. The first-order valence-corrected chi connectivity index (χ1v) is 12.4. The number of carboxylic acid groups (broad SMARTS) is 1. The molecule has 0 spiro atoms. The SMILES string of the molecule is O=C(COC(=O)C(Oc1ccc(Cl)c(F)c1)C(=O)O)N[C@H]1CC[C@H](c2nnc(OCCO[C@@H]3CC3(F)F)o2)NC1. The number of amides is 1. The fourth-order valence-electron chi connectivity index (χ4n) is 3.67. The van der Waals surface area contributed by atoms with Crippen LogP contribution >= 0.6 is 11.6 Å². The largest absolute Gasteiger partial charge is 0.478 e. The van der Waals surface area contributed by atoms with Gasteiger partial charge in [-0.3, -0.25) is 4.79 Å². The van der Waals surface area contributed by atoms with E-state index in [9.17, 15) is 32.7 Å². The van der Waals surface area contributed by atoms with Crippen molar-refractivity contribution in [2.24, 2.45) is 0 Å². The summed E-state index contributed by atoms with van der Waals surface area (Å²) in [5, 5.41) is 22.4. The van der Waals surface area contributed by atoms with Crippen molar-refractivity contribution in [3.05, 3.63) is 34.9 Å². The monoisotopic (exact) mass is 592 g/mol. The number of rotatable bonds is 13. The third-order valence-electron chi connectivity index (χ3n) is 5.83. The van der Waals surface area contributed by atoms with E-state index in [2.05, 4.69) is 20.8 Å². The lowest BCUT2D eigenvalue weighted by Gasteiger charge is -2.28. The Bertz CT molecular complexity index is 1230. The van der Waals surface area contributed by atoms with Crippen molar-refractivity contribution in [3.63, 3.8) is 0 Å². The molecule has 2 heterocycles. The number of ether oxygens (including phenoxy) is 4. The first kappa shape index (κ1) is 29.4. The summed E-state index contributed by atoms with van der Waals surface area (Å²) in [6.07, 6.45) is -2.67. The van der Waals surface area contributed by atoms with Crippen molar-refractivity contribution in [1.29, 1.82) is 0 Å². The van der Waals surface area contributed by atoms with Crippen molar-refractivity contribution in [1.82, 2.24) is 20.8 Å². The maximum atomic E-state index is 13.6. The number of aliphatic carboxylic acids is 1. The lowest BCUT2D eigenvalue weighted by molar-refractivity contribution is -0.165. The molecule has 13 nitrogen and oxygen atoms in total. The minimum Gasteiger partial charge on any atom is -0.478 e. The molecule has 0 bridgehead atoms. The summed E-state index contributed by atoms with van der Waals surface area (Å²) in [4.78, 5) is 35.8. The molecule has 1 amide bonds. The van der Waals surface area contributed by atoms with Crippen LogP contribution < -0.4 is 20.1 Å². The minimum atomic E-state index is -2.77. The Morgan fingerprint density at radius 3 is 2.67 bits per heavy atom. The van der Waals surface area contributed by atoms with Crippen molar-refractivity contribution >= 4 is 29.4 Å². The van der Waals surface area contributed by atoms with Crippen molar-refractivity contribution in [2.75, 3.05) is 26.4 Å². The van der Waals surface area contributed by atoms with Gasteiger partial charge in [-0.2, -0.15) is 0 Å². The highest BCUT2D eigenvalue weighted by Gasteiger charge is 2.58. The van der Waals surface area contributed by atoms with Gasteiger partial charge >= 0.3 is 18.0 Å². The van der Waals surface area contributed by atoms with Gasteiger partial charge in [0.25, 0.3) is 17.9 Å².